The number of fused-ring (bicyclic) bond motifs is 1. The molecular weight excluding hydrogens is 608 g/mol. The van der Waals surface area contributed by atoms with Crippen LogP contribution in [0.25, 0.3) is 0 Å². The highest BCUT2D eigenvalue weighted by molar-refractivity contribution is 7.85. The molecule has 0 saturated heterocycles. The van der Waals surface area contributed by atoms with E-state index >= 15 is 0 Å². The number of hydrogen-bond acceptors (Lipinski definition) is 6. The fraction of sp³-hybridized carbons (Fsp3) is 0.429. The molecule has 2 aromatic rings. The monoisotopic (exact) mass is 653 g/mol. The van der Waals surface area contributed by atoms with E-state index < -0.39 is 39.4 Å². The predicted octanol–water partition coefficient (Wildman–Crippen LogP) is 6.43. The zero-order valence-electron chi connectivity index (χ0n) is 27.2. The molecule has 3 atom stereocenters. The van der Waals surface area contributed by atoms with Gasteiger partial charge in [0.1, 0.15) is 0 Å². The van der Waals surface area contributed by atoms with E-state index in [1.54, 1.807) is 55.0 Å². The number of carboxylic acid groups (broad SMARTS) is 1. The second-order valence-corrected chi connectivity index (χ2v) is 12.9. The Bertz CT molecular complexity index is 1610. The Kier molecular flexibility index (Phi) is 12.6. The van der Waals surface area contributed by atoms with Crippen molar-refractivity contribution in [3.63, 3.8) is 0 Å². The highest BCUT2D eigenvalue weighted by Crippen LogP contribution is 2.48. The number of benzene rings is 2. The van der Waals surface area contributed by atoms with Gasteiger partial charge in [0.25, 0.3) is 16.2 Å². The Morgan fingerprint density at radius 3 is 2.22 bits per heavy atom. The van der Waals surface area contributed by atoms with Crippen molar-refractivity contribution in [3.8, 4) is 0 Å². The summed E-state index contributed by atoms with van der Waals surface area (Å²) in [7, 11) is -4.63. The molecule has 1 heterocycles. The molecule has 10 nitrogen and oxygen atoms in total. The van der Waals surface area contributed by atoms with Gasteiger partial charge in [-0.1, -0.05) is 57.4 Å². The van der Waals surface area contributed by atoms with Crippen molar-refractivity contribution in [1.29, 1.82) is 0 Å². The lowest BCUT2D eigenvalue weighted by Gasteiger charge is -2.30. The zero-order valence-corrected chi connectivity index (χ0v) is 28.0. The quantitative estimate of drug-likeness (QED) is 0.0915. The molecule has 2 aromatic carbocycles. The number of esters is 1. The van der Waals surface area contributed by atoms with Gasteiger partial charge in [0, 0.05) is 42.9 Å². The smallest absolute Gasteiger partial charge is 0.375 e. The lowest BCUT2D eigenvalue weighted by Crippen LogP contribution is -2.45. The number of carbonyl (C=O) groups excluding carboxylic acids is 2. The Morgan fingerprint density at radius 2 is 1.65 bits per heavy atom. The second kappa shape index (κ2) is 16.0. The minimum absolute atomic E-state index is 0.143. The topological polar surface area (TPSA) is 141 Å². The van der Waals surface area contributed by atoms with Crippen molar-refractivity contribution in [2.45, 2.75) is 89.5 Å². The standard InChI is InChI=1S/C35H44N2O8S/c1-6-9-18-28(33(39)40)35(5)29-24-27(46(42,43)44)21-22-30(29)37(31(19-10-7-2)34(41)45-8-3)32(35)20-14-15-23-36(25(4)38)26-16-12-11-13-17-26/h11-17,20-24,28,31H,6-10,18-19H2,1-5H3,(H-,39,40,42,43,44)/p+1. The highest BCUT2D eigenvalue weighted by atomic mass is 32.2. The summed E-state index contributed by atoms with van der Waals surface area (Å²) in [4.78, 5) is 40.1. The van der Waals surface area contributed by atoms with Gasteiger partial charge < -0.3 is 9.84 Å². The van der Waals surface area contributed by atoms with E-state index in [2.05, 4.69) is 0 Å². The number of para-hydroxylation sites is 1. The van der Waals surface area contributed by atoms with Crippen LogP contribution in [0.4, 0.5) is 11.4 Å². The molecule has 11 heteroatoms. The lowest BCUT2D eigenvalue weighted by atomic mass is 9.67. The van der Waals surface area contributed by atoms with Gasteiger partial charge >= 0.3 is 11.9 Å². The minimum atomic E-state index is -4.63. The van der Waals surface area contributed by atoms with Crippen LogP contribution in [-0.2, 0) is 34.7 Å². The summed E-state index contributed by atoms with van der Waals surface area (Å²) >= 11 is 0. The summed E-state index contributed by atoms with van der Waals surface area (Å²) in [5.41, 5.74) is 0.641. The van der Waals surface area contributed by atoms with E-state index in [0.717, 1.165) is 12.8 Å². The van der Waals surface area contributed by atoms with Crippen LogP contribution in [0.2, 0.25) is 0 Å². The molecule has 0 radical (unpaired) electrons. The molecule has 0 bridgehead atoms. The molecule has 0 saturated carbocycles. The number of hydrogen-bond donors (Lipinski definition) is 2. The third-order valence-corrected chi connectivity index (χ3v) is 9.24. The molecule has 0 spiro atoms. The van der Waals surface area contributed by atoms with Crippen LogP contribution in [0.15, 0.2) is 77.9 Å². The van der Waals surface area contributed by atoms with Crippen LogP contribution in [0.5, 0.6) is 0 Å². The average Bonchev–Trinajstić information content (AvgIpc) is 3.24. The number of carboxylic acids is 1. The van der Waals surface area contributed by atoms with E-state index in [-0.39, 0.29) is 23.8 Å². The van der Waals surface area contributed by atoms with Gasteiger partial charge in [0.05, 0.1) is 22.8 Å². The van der Waals surface area contributed by atoms with Crippen LogP contribution < -0.4 is 4.90 Å². The number of unbranched alkanes of at least 4 members (excludes halogenated alkanes) is 2. The SMILES string of the molecule is CCCCC(C(=O)OCC)[N+]1=C(/C=C/C=C/N(C(C)=O)c2ccccc2)C(C)(C(CCCC)C(=O)O)c2cc(S(=O)(=O)O)ccc21. The molecule has 0 aromatic heterocycles. The fourth-order valence-corrected chi connectivity index (χ4v) is 6.58. The van der Waals surface area contributed by atoms with Gasteiger partial charge in [0.15, 0.2) is 5.71 Å². The van der Waals surface area contributed by atoms with Crippen LogP contribution in [-0.4, -0.2) is 58.9 Å². The molecule has 2 N–H and O–H groups in total. The number of nitrogens with zero attached hydrogens (tertiary/aromatic N) is 2. The number of amides is 1. The maximum absolute atomic E-state index is 13.5. The van der Waals surface area contributed by atoms with Gasteiger partial charge in [-0.05, 0) is 57.0 Å². The summed E-state index contributed by atoms with van der Waals surface area (Å²) in [6.45, 7) is 8.99. The zero-order chi connectivity index (χ0) is 34.1. The van der Waals surface area contributed by atoms with Crippen LogP contribution in [0, 0.1) is 5.92 Å². The Balaban J connectivity index is 2.36. The van der Waals surface area contributed by atoms with Gasteiger partial charge in [-0.15, -0.1) is 0 Å². The molecule has 46 heavy (non-hydrogen) atoms. The van der Waals surface area contributed by atoms with E-state index in [4.69, 9.17) is 4.74 Å². The van der Waals surface area contributed by atoms with Gasteiger partial charge in [-0.2, -0.15) is 13.0 Å². The predicted molar refractivity (Wildman–Crippen MR) is 177 cm³/mol. The number of anilines is 1. The van der Waals surface area contributed by atoms with E-state index in [1.807, 2.05) is 32.0 Å². The van der Waals surface area contributed by atoms with Gasteiger partial charge in [-0.25, -0.2) is 4.79 Å². The molecule has 248 valence electrons. The second-order valence-electron chi connectivity index (χ2n) is 11.5. The fourth-order valence-electron chi connectivity index (χ4n) is 6.07. The first-order valence-electron chi connectivity index (χ1n) is 15.7. The van der Waals surface area contributed by atoms with E-state index in [9.17, 15) is 32.5 Å². The molecule has 1 aliphatic heterocycles. The van der Waals surface area contributed by atoms with E-state index in [0.29, 0.717) is 41.9 Å². The summed E-state index contributed by atoms with van der Waals surface area (Å²) in [6, 6.07) is 12.3. The van der Waals surface area contributed by atoms with Crippen LogP contribution >= 0.6 is 0 Å². The number of allylic oxidation sites excluding steroid dienone is 3. The molecule has 0 fully saturated rings. The van der Waals surface area contributed by atoms with Crippen molar-refractivity contribution in [2.24, 2.45) is 5.92 Å². The lowest BCUT2D eigenvalue weighted by molar-refractivity contribution is -0.472. The van der Waals surface area contributed by atoms with Gasteiger partial charge in [-0.3, -0.25) is 19.0 Å². The van der Waals surface area contributed by atoms with Crippen molar-refractivity contribution in [3.05, 3.63) is 78.5 Å². The largest absolute Gasteiger partial charge is 0.481 e. The molecule has 0 aliphatic carbocycles. The van der Waals surface area contributed by atoms with Crippen LogP contribution in [0.3, 0.4) is 0 Å². The molecule has 3 rings (SSSR count). The highest BCUT2D eigenvalue weighted by Gasteiger charge is 2.57. The van der Waals surface area contributed by atoms with Crippen LogP contribution in [0.1, 0.15) is 78.7 Å². The van der Waals surface area contributed by atoms with E-state index in [1.165, 1.54) is 30.0 Å². The Morgan fingerprint density at radius 1 is 1.00 bits per heavy atom. The molecule has 1 amide bonds. The number of carbonyl (C=O) groups is 3. The normalized spacial score (nSPS) is 17.7. The maximum atomic E-state index is 13.5. The third-order valence-electron chi connectivity index (χ3n) is 8.39. The first kappa shape index (κ1) is 36.4. The van der Waals surface area contributed by atoms with Crippen molar-refractivity contribution in [2.75, 3.05) is 11.5 Å². The summed E-state index contributed by atoms with van der Waals surface area (Å²) < 4.78 is 41.8. The maximum Gasteiger partial charge on any atom is 0.375 e. The summed E-state index contributed by atoms with van der Waals surface area (Å²) in [5, 5.41) is 10.6. The van der Waals surface area contributed by atoms with Crippen molar-refractivity contribution < 1.29 is 41.8 Å². The van der Waals surface area contributed by atoms with Crippen molar-refractivity contribution >= 4 is 45.1 Å². The summed E-state index contributed by atoms with van der Waals surface area (Å²) in [6.07, 6.45) is 10.1. The molecule has 3 unspecified atom stereocenters. The number of ether oxygens (including phenoxy) is 1. The first-order valence-corrected chi connectivity index (χ1v) is 17.1. The van der Waals surface area contributed by atoms with Gasteiger partial charge in [0.2, 0.25) is 11.6 Å². The number of rotatable bonds is 16. The first-order chi connectivity index (χ1) is 21.8. The third kappa shape index (κ3) is 8.00. The summed E-state index contributed by atoms with van der Waals surface area (Å²) in [5.74, 6) is -2.79. The Labute approximate surface area is 271 Å². The molecular formula is C35H45N2O8S+. The number of aliphatic carboxylic acids is 1. The van der Waals surface area contributed by atoms with Crippen molar-refractivity contribution in [1.82, 2.24) is 0 Å². The average molecular weight is 654 g/mol. The Hall–Kier alpha value is -4.09. The molecule has 1 aliphatic rings. The minimum Gasteiger partial charge on any atom is -0.481 e.